The number of halogens is 1. The summed E-state index contributed by atoms with van der Waals surface area (Å²) in [4.78, 5) is 18.1. The maximum Gasteiger partial charge on any atom is 0.235 e. The van der Waals surface area contributed by atoms with Gasteiger partial charge in [-0.1, -0.05) is 23.9 Å². The maximum absolute atomic E-state index is 13.1. The molecule has 0 spiro atoms. The summed E-state index contributed by atoms with van der Waals surface area (Å²) < 4.78 is 15.1. The molecule has 0 saturated heterocycles. The molecule has 132 valence electrons. The Hall–Kier alpha value is -2.60. The number of amides is 1. The highest BCUT2D eigenvalue weighted by Crippen LogP contribution is 2.49. The number of benzene rings is 2. The van der Waals surface area contributed by atoms with E-state index in [-0.39, 0.29) is 11.7 Å². The van der Waals surface area contributed by atoms with Gasteiger partial charge in [0, 0.05) is 30.0 Å². The zero-order valence-corrected chi connectivity index (χ0v) is 15.1. The molecule has 0 bridgehead atoms. The number of nitrogens with zero attached hydrogens (tertiary/aromatic N) is 2. The van der Waals surface area contributed by atoms with Gasteiger partial charge in [-0.25, -0.2) is 9.37 Å². The second-order valence-electron chi connectivity index (χ2n) is 6.49. The van der Waals surface area contributed by atoms with Gasteiger partial charge < -0.3 is 9.88 Å². The van der Waals surface area contributed by atoms with E-state index in [9.17, 15) is 9.18 Å². The first-order valence-corrected chi connectivity index (χ1v) is 9.21. The van der Waals surface area contributed by atoms with Crippen LogP contribution in [0.25, 0.3) is 0 Å². The monoisotopic (exact) mass is 367 g/mol. The predicted octanol–water partition coefficient (Wildman–Crippen LogP) is 4.38. The lowest BCUT2D eigenvalue weighted by molar-refractivity contribution is -0.118. The number of aryl methyl sites for hydroxylation is 1. The summed E-state index contributed by atoms with van der Waals surface area (Å²) in [5.41, 5.74) is 1.11. The van der Waals surface area contributed by atoms with Crippen molar-refractivity contribution >= 4 is 23.4 Å². The third kappa shape index (κ3) is 3.24. The number of carbonyl (C=O) groups excluding carboxylic acids is 1. The zero-order valence-electron chi connectivity index (χ0n) is 14.3. The van der Waals surface area contributed by atoms with Gasteiger partial charge in [-0.3, -0.25) is 4.79 Å². The van der Waals surface area contributed by atoms with E-state index in [0.717, 1.165) is 34.1 Å². The molecule has 0 atom stereocenters. The third-order valence-corrected chi connectivity index (χ3v) is 5.76. The Morgan fingerprint density at radius 2 is 1.85 bits per heavy atom. The molecular weight excluding hydrogens is 349 g/mol. The summed E-state index contributed by atoms with van der Waals surface area (Å²) in [6.45, 7) is 0. The van der Waals surface area contributed by atoms with Crippen molar-refractivity contribution in [2.75, 3.05) is 5.32 Å². The predicted molar refractivity (Wildman–Crippen MR) is 99.7 cm³/mol. The SMILES string of the molecule is Cn1ccnc1Sc1ccc(NC(=O)C2(c3ccc(F)cc3)CC2)cc1. The number of rotatable bonds is 5. The highest BCUT2D eigenvalue weighted by Gasteiger charge is 2.51. The lowest BCUT2D eigenvalue weighted by Crippen LogP contribution is -2.27. The molecule has 2 aromatic carbocycles. The van der Waals surface area contributed by atoms with Crippen LogP contribution in [-0.2, 0) is 17.3 Å². The molecule has 1 aromatic heterocycles. The van der Waals surface area contributed by atoms with Crippen LogP contribution in [0.5, 0.6) is 0 Å². The van der Waals surface area contributed by atoms with Crippen molar-refractivity contribution in [3.63, 3.8) is 0 Å². The van der Waals surface area contributed by atoms with E-state index in [0.29, 0.717) is 0 Å². The zero-order chi connectivity index (χ0) is 18.1. The summed E-state index contributed by atoms with van der Waals surface area (Å²) >= 11 is 1.57. The van der Waals surface area contributed by atoms with Crippen LogP contribution in [0, 0.1) is 5.82 Å². The quantitative estimate of drug-likeness (QED) is 0.728. The molecular formula is C20H18FN3OS. The van der Waals surface area contributed by atoms with E-state index >= 15 is 0 Å². The summed E-state index contributed by atoms with van der Waals surface area (Å²) in [5.74, 6) is -0.320. The molecule has 1 saturated carbocycles. The minimum absolute atomic E-state index is 0.0337. The van der Waals surface area contributed by atoms with Crippen molar-refractivity contribution in [2.24, 2.45) is 7.05 Å². The fraction of sp³-hybridized carbons (Fsp3) is 0.200. The van der Waals surface area contributed by atoms with E-state index in [4.69, 9.17) is 0 Å². The molecule has 1 aliphatic rings. The molecule has 1 amide bonds. The Morgan fingerprint density at radius 3 is 2.42 bits per heavy atom. The third-order valence-electron chi connectivity index (χ3n) is 4.68. The van der Waals surface area contributed by atoms with Gasteiger partial charge >= 0.3 is 0 Å². The number of nitrogens with one attached hydrogen (secondary N) is 1. The molecule has 6 heteroatoms. The number of aromatic nitrogens is 2. The van der Waals surface area contributed by atoms with Crippen LogP contribution in [0.4, 0.5) is 10.1 Å². The van der Waals surface area contributed by atoms with Crippen molar-refractivity contribution in [1.82, 2.24) is 9.55 Å². The van der Waals surface area contributed by atoms with E-state index in [1.807, 2.05) is 42.1 Å². The van der Waals surface area contributed by atoms with E-state index < -0.39 is 5.41 Å². The molecule has 1 N–H and O–H groups in total. The standard InChI is InChI=1S/C20H18FN3OS/c1-24-13-12-22-19(24)26-17-8-6-16(7-9-17)23-18(25)20(10-11-20)14-2-4-15(21)5-3-14/h2-9,12-13H,10-11H2,1H3,(H,23,25). The second kappa shape index (κ2) is 6.61. The second-order valence-corrected chi connectivity index (χ2v) is 7.53. The number of hydrogen-bond acceptors (Lipinski definition) is 3. The first-order chi connectivity index (χ1) is 12.6. The van der Waals surface area contributed by atoms with Gasteiger partial charge in [0.1, 0.15) is 5.82 Å². The van der Waals surface area contributed by atoms with Crippen LogP contribution in [-0.4, -0.2) is 15.5 Å². The molecule has 3 aromatic rings. The van der Waals surface area contributed by atoms with Crippen molar-refractivity contribution in [3.05, 3.63) is 72.3 Å². The van der Waals surface area contributed by atoms with Gasteiger partial charge in [-0.2, -0.15) is 0 Å². The van der Waals surface area contributed by atoms with Crippen LogP contribution in [0.1, 0.15) is 18.4 Å². The number of hydrogen-bond donors (Lipinski definition) is 1. The summed E-state index contributed by atoms with van der Waals surface area (Å²) in [5, 5.41) is 3.90. The Labute approximate surface area is 155 Å². The van der Waals surface area contributed by atoms with Gasteiger partial charge in [0.25, 0.3) is 0 Å². The van der Waals surface area contributed by atoms with Crippen molar-refractivity contribution in [1.29, 1.82) is 0 Å². The van der Waals surface area contributed by atoms with Gasteiger partial charge in [-0.15, -0.1) is 0 Å². The Bertz CT molecular complexity index is 930. The average Bonchev–Trinajstić information content (AvgIpc) is 3.36. The fourth-order valence-corrected chi connectivity index (χ4v) is 3.75. The first kappa shape index (κ1) is 16.8. The van der Waals surface area contributed by atoms with Gasteiger partial charge in [-0.05, 0) is 54.8 Å². The Kier molecular flexibility index (Phi) is 4.28. The van der Waals surface area contributed by atoms with E-state index in [2.05, 4.69) is 10.3 Å². The van der Waals surface area contributed by atoms with Crippen LogP contribution >= 0.6 is 11.8 Å². The van der Waals surface area contributed by atoms with Gasteiger partial charge in [0.15, 0.2) is 5.16 Å². The maximum atomic E-state index is 13.1. The molecule has 1 aliphatic carbocycles. The molecule has 1 heterocycles. The smallest absolute Gasteiger partial charge is 0.235 e. The molecule has 0 unspecified atom stereocenters. The topological polar surface area (TPSA) is 46.9 Å². The van der Waals surface area contributed by atoms with Crippen LogP contribution in [0.15, 0.2) is 71.0 Å². The molecule has 0 aliphatic heterocycles. The summed E-state index contributed by atoms with van der Waals surface area (Å²) in [6, 6.07) is 13.9. The van der Waals surface area contributed by atoms with Crippen molar-refractivity contribution in [2.45, 2.75) is 28.3 Å². The number of anilines is 1. The average molecular weight is 367 g/mol. The van der Waals surface area contributed by atoms with Gasteiger partial charge in [0.05, 0.1) is 5.41 Å². The minimum atomic E-state index is -0.520. The molecule has 26 heavy (non-hydrogen) atoms. The van der Waals surface area contributed by atoms with Crippen molar-refractivity contribution in [3.8, 4) is 0 Å². The summed E-state index contributed by atoms with van der Waals surface area (Å²) in [6.07, 6.45) is 5.25. The summed E-state index contributed by atoms with van der Waals surface area (Å²) in [7, 11) is 1.95. The fourth-order valence-electron chi connectivity index (χ4n) is 2.95. The molecule has 4 nitrogen and oxygen atoms in total. The number of imidazole rings is 1. The van der Waals surface area contributed by atoms with Crippen LogP contribution in [0.2, 0.25) is 0 Å². The normalized spacial score (nSPS) is 14.8. The molecule has 0 radical (unpaired) electrons. The van der Waals surface area contributed by atoms with Crippen LogP contribution in [0.3, 0.4) is 0 Å². The lowest BCUT2D eigenvalue weighted by Gasteiger charge is -2.16. The Balaban J connectivity index is 1.45. The number of carbonyl (C=O) groups is 1. The highest BCUT2D eigenvalue weighted by molar-refractivity contribution is 7.99. The van der Waals surface area contributed by atoms with Crippen LogP contribution < -0.4 is 5.32 Å². The van der Waals surface area contributed by atoms with E-state index in [1.165, 1.54) is 12.1 Å². The van der Waals surface area contributed by atoms with Crippen molar-refractivity contribution < 1.29 is 9.18 Å². The molecule has 4 rings (SSSR count). The van der Waals surface area contributed by atoms with Gasteiger partial charge in [0.2, 0.25) is 5.91 Å². The molecule has 1 fully saturated rings. The van der Waals surface area contributed by atoms with E-state index in [1.54, 1.807) is 30.1 Å². The largest absolute Gasteiger partial charge is 0.329 e. The highest BCUT2D eigenvalue weighted by atomic mass is 32.2. The Morgan fingerprint density at radius 1 is 1.15 bits per heavy atom. The first-order valence-electron chi connectivity index (χ1n) is 8.40. The minimum Gasteiger partial charge on any atom is -0.329 e. The lowest BCUT2D eigenvalue weighted by atomic mass is 9.95.